The lowest BCUT2D eigenvalue weighted by Gasteiger charge is -2.02. The molecule has 1 aromatic carbocycles. The number of nitrogens with zero attached hydrogens (tertiary/aromatic N) is 1. The lowest BCUT2D eigenvalue weighted by molar-refractivity contribution is 0.0978. The van der Waals surface area contributed by atoms with Gasteiger partial charge in [-0.25, -0.2) is 0 Å². The molecule has 0 aliphatic rings. The molecule has 3 heteroatoms. The van der Waals surface area contributed by atoms with Crippen molar-refractivity contribution in [1.82, 2.24) is 0 Å². The van der Waals surface area contributed by atoms with Crippen LogP contribution >= 0.6 is 15.9 Å². The molecule has 0 saturated heterocycles. The first-order valence-electron chi connectivity index (χ1n) is 5.40. The van der Waals surface area contributed by atoms with Crippen LogP contribution in [-0.4, -0.2) is 5.78 Å². The van der Waals surface area contributed by atoms with Crippen molar-refractivity contribution >= 4 is 21.7 Å². The third-order valence-corrected chi connectivity index (χ3v) is 3.06. The van der Waals surface area contributed by atoms with Gasteiger partial charge in [0, 0.05) is 22.9 Å². The number of hydrogen-bond donors (Lipinski definition) is 0. The number of carbonyl (C=O) groups excluding carboxylic acids is 1. The Labute approximate surface area is 104 Å². The van der Waals surface area contributed by atoms with E-state index >= 15 is 0 Å². The zero-order valence-corrected chi connectivity index (χ0v) is 10.7. The number of nitriles is 1. The van der Waals surface area contributed by atoms with Gasteiger partial charge in [-0.05, 0) is 18.9 Å². The Morgan fingerprint density at radius 2 is 2.00 bits per heavy atom. The highest BCUT2D eigenvalue weighted by Crippen LogP contribution is 2.18. The highest BCUT2D eigenvalue weighted by molar-refractivity contribution is 9.10. The molecule has 0 heterocycles. The fourth-order valence-corrected chi connectivity index (χ4v) is 1.99. The van der Waals surface area contributed by atoms with E-state index in [1.165, 1.54) is 0 Å². The van der Waals surface area contributed by atoms with Crippen molar-refractivity contribution in [3.05, 3.63) is 34.3 Å². The van der Waals surface area contributed by atoms with Gasteiger partial charge in [0.2, 0.25) is 0 Å². The topological polar surface area (TPSA) is 40.9 Å². The molecule has 0 N–H and O–H groups in total. The summed E-state index contributed by atoms with van der Waals surface area (Å²) in [4.78, 5) is 11.8. The van der Waals surface area contributed by atoms with Gasteiger partial charge in [-0.3, -0.25) is 4.79 Å². The van der Waals surface area contributed by atoms with Gasteiger partial charge >= 0.3 is 0 Å². The molecule has 0 saturated carbocycles. The molecule has 84 valence electrons. The molecule has 0 amide bonds. The largest absolute Gasteiger partial charge is 0.294 e. The molecule has 0 aliphatic carbocycles. The van der Waals surface area contributed by atoms with E-state index in [1.54, 1.807) is 0 Å². The summed E-state index contributed by atoms with van der Waals surface area (Å²) in [7, 11) is 0. The second kappa shape index (κ2) is 7.19. The van der Waals surface area contributed by atoms with Crippen LogP contribution in [0.15, 0.2) is 28.7 Å². The lowest BCUT2D eigenvalue weighted by atomic mass is 10.0. The van der Waals surface area contributed by atoms with E-state index < -0.39 is 0 Å². The van der Waals surface area contributed by atoms with Crippen LogP contribution in [0.4, 0.5) is 0 Å². The van der Waals surface area contributed by atoms with Crippen LogP contribution < -0.4 is 0 Å². The summed E-state index contributed by atoms with van der Waals surface area (Å²) in [6.07, 6.45) is 3.85. The maximum absolute atomic E-state index is 11.8. The standard InChI is InChI=1S/C13H14BrNO/c14-12-8-5-4-7-11(12)13(16)9-3-1-2-6-10-15/h4-5,7-8H,1-3,6,9H2. The van der Waals surface area contributed by atoms with Crippen LogP contribution in [0.25, 0.3) is 0 Å². The lowest BCUT2D eigenvalue weighted by Crippen LogP contribution is -1.99. The van der Waals surface area contributed by atoms with E-state index in [4.69, 9.17) is 5.26 Å². The van der Waals surface area contributed by atoms with Crippen LogP contribution in [0.1, 0.15) is 42.5 Å². The summed E-state index contributed by atoms with van der Waals surface area (Å²) in [5.41, 5.74) is 0.753. The molecule has 0 unspecified atom stereocenters. The van der Waals surface area contributed by atoms with Crippen LogP contribution in [0.3, 0.4) is 0 Å². The number of hydrogen-bond acceptors (Lipinski definition) is 2. The van der Waals surface area contributed by atoms with E-state index in [0.29, 0.717) is 12.8 Å². The Balaban J connectivity index is 2.36. The third-order valence-electron chi connectivity index (χ3n) is 2.37. The average Bonchev–Trinajstić information content (AvgIpc) is 2.29. The molecular weight excluding hydrogens is 266 g/mol. The van der Waals surface area contributed by atoms with Crippen molar-refractivity contribution in [1.29, 1.82) is 5.26 Å². The van der Waals surface area contributed by atoms with Crippen molar-refractivity contribution in [3.8, 4) is 6.07 Å². The van der Waals surface area contributed by atoms with Crippen LogP contribution in [0.2, 0.25) is 0 Å². The molecule has 0 atom stereocenters. The second-order valence-corrected chi connectivity index (χ2v) is 4.48. The number of ketones is 1. The molecule has 0 bridgehead atoms. The van der Waals surface area contributed by atoms with Gasteiger partial charge < -0.3 is 0 Å². The van der Waals surface area contributed by atoms with Crippen LogP contribution in [0, 0.1) is 11.3 Å². The van der Waals surface area contributed by atoms with Gasteiger partial charge in [-0.2, -0.15) is 5.26 Å². The molecule has 0 radical (unpaired) electrons. The van der Waals surface area contributed by atoms with E-state index in [0.717, 1.165) is 29.3 Å². The first-order chi connectivity index (χ1) is 7.75. The Bertz CT molecular complexity index is 395. The molecule has 16 heavy (non-hydrogen) atoms. The number of benzene rings is 1. The van der Waals surface area contributed by atoms with Gasteiger partial charge in [0.25, 0.3) is 0 Å². The first kappa shape index (κ1) is 12.9. The van der Waals surface area contributed by atoms with Gasteiger partial charge in [0.1, 0.15) is 0 Å². The first-order valence-corrected chi connectivity index (χ1v) is 6.19. The van der Waals surface area contributed by atoms with E-state index in [2.05, 4.69) is 22.0 Å². The zero-order valence-electron chi connectivity index (χ0n) is 9.08. The number of halogens is 1. The fourth-order valence-electron chi connectivity index (χ4n) is 1.49. The predicted octanol–water partition coefficient (Wildman–Crippen LogP) is 4.11. The van der Waals surface area contributed by atoms with Crippen molar-refractivity contribution < 1.29 is 4.79 Å². The van der Waals surface area contributed by atoms with E-state index in [1.807, 2.05) is 24.3 Å². The number of carbonyl (C=O) groups is 1. The molecule has 0 aromatic heterocycles. The monoisotopic (exact) mass is 279 g/mol. The maximum atomic E-state index is 11.8. The smallest absolute Gasteiger partial charge is 0.164 e. The molecule has 0 aliphatic heterocycles. The molecule has 2 nitrogen and oxygen atoms in total. The summed E-state index contributed by atoms with van der Waals surface area (Å²) in [6.45, 7) is 0. The van der Waals surface area contributed by atoms with Crippen LogP contribution in [0.5, 0.6) is 0 Å². The summed E-state index contributed by atoms with van der Waals surface area (Å²) in [5.74, 6) is 0.171. The Morgan fingerprint density at radius 3 is 2.69 bits per heavy atom. The second-order valence-electron chi connectivity index (χ2n) is 3.62. The van der Waals surface area contributed by atoms with E-state index in [-0.39, 0.29) is 5.78 Å². The van der Waals surface area contributed by atoms with Crippen LogP contribution in [-0.2, 0) is 0 Å². The summed E-state index contributed by atoms with van der Waals surface area (Å²) in [5, 5.41) is 8.37. The number of unbranched alkanes of at least 4 members (excludes halogenated alkanes) is 3. The summed E-state index contributed by atoms with van der Waals surface area (Å²) >= 11 is 3.37. The predicted molar refractivity (Wildman–Crippen MR) is 67.2 cm³/mol. The van der Waals surface area contributed by atoms with Crippen molar-refractivity contribution in [2.75, 3.05) is 0 Å². The minimum Gasteiger partial charge on any atom is -0.294 e. The summed E-state index contributed by atoms with van der Waals surface area (Å²) in [6, 6.07) is 9.58. The normalized spacial score (nSPS) is 9.75. The fraction of sp³-hybridized carbons (Fsp3) is 0.385. The highest BCUT2D eigenvalue weighted by Gasteiger charge is 2.08. The molecule has 1 aromatic rings. The molecule has 1 rings (SSSR count). The van der Waals surface area contributed by atoms with Crippen molar-refractivity contribution in [3.63, 3.8) is 0 Å². The molecule has 0 fully saturated rings. The Morgan fingerprint density at radius 1 is 1.25 bits per heavy atom. The minimum absolute atomic E-state index is 0.171. The van der Waals surface area contributed by atoms with E-state index in [9.17, 15) is 4.79 Å². The molecular formula is C13H14BrNO. The Hall–Kier alpha value is -1.14. The van der Waals surface area contributed by atoms with Gasteiger partial charge in [0.05, 0.1) is 6.07 Å². The quantitative estimate of drug-likeness (QED) is 0.581. The molecule has 0 spiro atoms. The van der Waals surface area contributed by atoms with Crippen molar-refractivity contribution in [2.24, 2.45) is 0 Å². The number of rotatable bonds is 6. The Kier molecular flexibility index (Phi) is 5.81. The SMILES string of the molecule is N#CCCCCCC(=O)c1ccccc1Br. The average molecular weight is 280 g/mol. The zero-order chi connectivity index (χ0) is 11.8. The number of Topliss-reactive ketones (excluding diaryl/α,β-unsaturated/α-hetero) is 1. The summed E-state index contributed by atoms with van der Waals surface area (Å²) < 4.78 is 0.858. The van der Waals surface area contributed by atoms with Gasteiger partial charge in [-0.1, -0.05) is 40.5 Å². The minimum atomic E-state index is 0.171. The van der Waals surface area contributed by atoms with Crippen molar-refractivity contribution in [2.45, 2.75) is 32.1 Å². The highest BCUT2D eigenvalue weighted by atomic mass is 79.9. The third kappa shape index (κ3) is 4.16. The van der Waals surface area contributed by atoms with Gasteiger partial charge in [-0.15, -0.1) is 0 Å². The maximum Gasteiger partial charge on any atom is 0.164 e. The van der Waals surface area contributed by atoms with Gasteiger partial charge in [0.15, 0.2) is 5.78 Å².